The number of aromatic nitrogens is 3. The van der Waals surface area contributed by atoms with Gasteiger partial charge in [-0.25, -0.2) is 13.9 Å². The molecule has 2 amide bonds. The summed E-state index contributed by atoms with van der Waals surface area (Å²) >= 11 is 1.77. The Morgan fingerprint density at radius 2 is 1.77 bits per heavy atom. The second-order valence-corrected chi connectivity index (χ2v) is 19.1. The van der Waals surface area contributed by atoms with Crippen LogP contribution in [-0.4, -0.2) is 102 Å². The van der Waals surface area contributed by atoms with Gasteiger partial charge in [0.05, 0.1) is 46.6 Å². The molecule has 65 heavy (non-hydrogen) atoms. The van der Waals surface area contributed by atoms with Gasteiger partial charge in [0.1, 0.15) is 19.4 Å². The molecule has 4 N–H and O–H groups in total. The molecule has 0 radical (unpaired) electrons. The number of likely N-dealkylation sites (N-methyl/N-ethyl adjacent to an activating group) is 1. The van der Waals surface area contributed by atoms with Gasteiger partial charge in [0, 0.05) is 74.9 Å². The number of phosphoric ester groups is 1. The standard InChI is InChI=1S/C46H60N7O10PS/c1-31(2)61-38-28-43(62-39(38)30-60-64(58,59)63-32(3)4)53-29-34(45(56)49-46(53)57)18-19-42(55)48-22-26-50(5)25-21-47-41(54)17-11-12-23-52-37-15-9-10-16-40(37)65-44(52)27-33-20-24-51(6)36-14-8-7-13-35(33)36/h7-10,13-16,18-20,24,27,29,31-32,38-39,43H,11-12,17,21-23,25-26,28,30H2,1-6H3,(H3-,47,48,49,54,55,56,57,58,59)/p+1/b19-18+. The van der Waals surface area contributed by atoms with Gasteiger partial charge in [-0.1, -0.05) is 36.0 Å². The molecule has 0 bridgehead atoms. The average molecular weight is 935 g/mol. The number of thioether (sulfide) groups is 1. The number of nitrogens with zero attached hydrogens (tertiary/aromatic N) is 4. The van der Waals surface area contributed by atoms with E-state index in [2.05, 4.69) is 99.0 Å². The van der Waals surface area contributed by atoms with Gasteiger partial charge in [0.2, 0.25) is 17.3 Å². The molecule has 0 spiro atoms. The summed E-state index contributed by atoms with van der Waals surface area (Å²) in [7, 11) is -0.414. The van der Waals surface area contributed by atoms with Crippen molar-refractivity contribution in [1.82, 2.24) is 25.1 Å². The smallest absolute Gasteiger partial charge is 0.373 e. The van der Waals surface area contributed by atoms with Crippen LogP contribution in [-0.2, 0) is 39.7 Å². The van der Waals surface area contributed by atoms with Crippen molar-refractivity contribution in [2.24, 2.45) is 7.05 Å². The number of benzene rings is 2. The highest BCUT2D eigenvalue weighted by atomic mass is 32.2. The molecule has 0 saturated carbocycles. The molecule has 19 heteroatoms. The van der Waals surface area contributed by atoms with E-state index in [4.69, 9.17) is 18.5 Å². The second-order valence-electron chi connectivity index (χ2n) is 16.6. The third kappa shape index (κ3) is 14.0. The predicted molar refractivity (Wildman–Crippen MR) is 251 cm³/mol. The molecule has 2 aromatic carbocycles. The molecule has 350 valence electrons. The van der Waals surface area contributed by atoms with Crippen molar-refractivity contribution in [3.8, 4) is 0 Å². The first kappa shape index (κ1) is 49.5. The summed E-state index contributed by atoms with van der Waals surface area (Å²) in [4.78, 5) is 68.8. The number of nitrogens with one attached hydrogen (secondary N) is 3. The Kier molecular flexibility index (Phi) is 17.5. The zero-order valence-corrected chi connectivity index (χ0v) is 39.5. The third-order valence-electron chi connectivity index (χ3n) is 10.7. The van der Waals surface area contributed by atoms with Gasteiger partial charge in [0.25, 0.3) is 5.56 Å². The number of hydrogen-bond donors (Lipinski definition) is 4. The first-order chi connectivity index (χ1) is 31.1. The summed E-state index contributed by atoms with van der Waals surface area (Å²) in [5, 5.41) is 8.16. The number of carbonyl (C=O) groups excluding carboxylic acids is 2. The van der Waals surface area contributed by atoms with E-state index in [0.717, 1.165) is 24.9 Å². The third-order valence-corrected chi connectivity index (χ3v) is 13.0. The quantitative estimate of drug-likeness (QED) is 0.0352. The number of unbranched alkanes of at least 4 members (excludes halogenated alkanes) is 1. The number of carbonyl (C=O) groups is 2. The second kappa shape index (κ2) is 23.0. The molecule has 1 saturated heterocycles. The molecule has 1 fully saturated rings. The summed E-state index contributed by atoms with van der Waals surface area (Å²) in [6, 6.07) is 19.0. The Bertz CT molecular complexity index is 2530. The van der Waals surface area contributed by atoms with Crippen molar-refractivity contribution in [3.05, 3.63) is 110 Å². The average Bonchev–Trinajstić information content (AvgIpc) is 3.81. The molecule has 4 aromatic rings. The van der Waals surface area contributed by atoms with Crippen LogP contribution in [0.25, 0.3) is 23.1 Å². The van der Waals surface area contributed by atoms with E-state index in [9.17, 15) is 28.6 Å². The number of ether oxygens (including phenoxy) is 2. The fourth-order valence-corrected chi connectivity index (χ4v) is 9.66. The lowest BCUT2D eigenvalue weighted by molar-refractivity contribution is -0.644. The minimum absolute atomic E-state index is 0.00353. The van der Waals surface area contributed by atoms with Crippen molar-refractivity contribution in [2.75, 3.05) is 51.3 Å². The first-order valence-corrected chi connectivity index (χ1v) is 24.2. The molecule has 2 aromatic heterocycles. The topological polar surface area (TPSA) is 198 Å². The number of pyridine rings is 1. The predicted octanol–water partition coefficient (Wildman–Crippen LogP) is 5.10. The van der Waals surface area contributed by atoms with E-state index in [-0.39, 0.29) is 30.6 Å². The van der Waals surface area contributed by atoms with E-state index in [1.807, 2.05) is 25.8 Å². The lowest BCUT2D eigenvalue weighted by atomic mass is 10.1. The zero-order valence-electron chi connectivity index (χ0n) is 37.8. The van der Waals surface area contributed by atoms with Crippen molar-refractivity contribution in [2.45, 2.75) is 88.9 Å². The summed E-state index contributed by atoms with van der Waals surface area (Å²) < 4.78 is 37.7. The number of aromatic amines is 1. The van der Waals surface area contributed by atoms with Crippen LogP contribution in [0.5, 0.6) is 0 Å². The van der Waals surface area contributed by atoms with Gasteiger partial charge in [-0.15, -0.1) is 0 Å². The van der Waals surface area contributed by atoms with Crippen molar-refractivity contribution < 1.29 is 42.1 Å². The van der Waals surface area contributed by atoms with Crippen LogP contribution in [0, 0.1) is 0 Å². The molecule has 0 aliphatic carbocycles. The van der Waals surface area contributed by atoms with Crippen LogP contribution in [0.15, 0.2) is 92.6 Å². The number of para-hydroxylation sites is 2. The van der Waals surface area contributed by atoms with Crippen LogP contribution in [0.2, 0.25) is 0 Å². The van der Waals surface area contributed by atoms with Crippen LogP contribution in [0.3, 0.4) is 0 Å². The molecular weight excluding hydrogens is 874 g/mol. The maximum Gasteiger partial charge on any atom is 0.472 e. The van der Waals surface area contributed by atoms with Crippen molar-refractivity contribution in [1.29, 1.82) is 0 Å². The normalized spacial score (nSPS) is 19.0. The number of phosphoric acid groups is 1. The Hall–Kier alpha value is -4.91. The summed E-state index contributed by atoms with van der Waals surface area (Å²) in [6.45, 7) is 9.17. The van der Waals surface area contributed by atoms with Crippen LogP contribution < -0.4 is 31.3 Å². The van der Waals surface area contributed by atoms with Crippen LogP contribution >= 0.6 is 19.6 Å². The Labute approximate surface area is 383 Å². The molecule has 4 unspecified atom stereocenters. The fourth-order valence-electron chi connectivity index (χ4n) is 7.59. The number of aryl methyl sites for hydroxylation is 1. The molecule has 2 aliphatic rings. The highest BCUT2D eigenvalue weighted by Gasteiger charge is 2.40. The molecule has 6 rings (SSSR count). The van der Waals surface area contributed by atoms with Crippen LogP contribution in [0.1, 0.15) is 70.7 Å². The Morgan fingerprint density at radius 3 is 2.54 bits per heavy atom. The van der Waals surface area contributed by atoms with Gasteiger partial charge in [-0.3, -0.25) is 33.0 Å². The maximum atomic E-state index is 12.9. The molecule has 4 heterocycles. The number of H-pyrrole nitrogens is 1. The summed E-state index contributed by atoms with van der Waals surface area (Å²) in [5.41, 5.74) is 2.13. The van der Waals surface area contributed by atoms with E-state index in [1.165, 1.54) is 49.4 Å². The molecular formula is C46H61N7O10PS+. The summed E-state index contributed by atoms with van der Waals surface area (Å²) in [6.07, 6.45) is 7.25. The minimum atomic E-state index is -4.37. The molecule has 4 atom stereocenters. The van der Waals surface area contributed by atoms with E-state index in [1.54, 1.807) is 25.6 Å². The van der Waals surface area contributed by atoms with Gasteiger partial charge < -0.3 is 34.8 Å². The van der Waals surface area contributed by atoms with E-state index >= 15 is 0 Å². The van der Waals surface area contributed by atoms with Gasteiger partial charge in [-0.05, 0) is 83.5 Å². The number of amides is 2. The van der Waals surface area contributed by atoms with Crippen molar-refractivity contribution in [3.63, 3.8) is 0 Å². The highest BCUT2D eigenvalue weighted by Crippen LogP contribution is 2.47. The maximum absolute atomic E-state index is 12.9. The number of rotatable bonds is 22. The minimum Gasteiger partial charge on any atom is -0.373 e. The molecule has 2 aliphatic heterocycles. The van der Waals surface area contributed by atoms with Crippen molar-refractivity contribution >= 4 is 60.1 Å². The Balaban J connectivity index is 0.912. The fraction of sp³-hybridized carbons (Fsp3) is 0.457. The number of fused-ring (bicyclic) bond motifs is 2. The lowest BCUT2D eigenvalue weighted by Gasteiger charge is -2.22. The molecule has 17 nitrogen and oxygen atoms in total. The van der Waals surface area contributed by atoms with E-state index in [0.29, 0.717) is 32.6 Å². The zero-order chi connectivity index (χ0) is 46.7. The first-order valence-electron chi connectivity index (χ1n) is 21.9. The summed E-state index contributed by atoms with van der Waals surface area (Å²) in [5.74, 6) is -0.446. The lowest BCUT2D eigenvalue weighted by Crippen LogP contribution is -2.37. The van der Waals surface area contributed by atoms with Gasteiger partial charge in [0.15, 0.2) is 6.20 Å². The van der Waals surface area contributed by atoms with Crippen LogP contribution in [0.4, 0.5) is 5.69 Å². The Morgan fingerprint density at radius 1 is 1.03 bits per heavy atom. The number of anilines is 1. The van der Waals surface area contributed by atoms with Gasteiger partial charge >= 0.3 is 13.5 Å². The monoisotopic (exact) mass is 934 g/mol. The van der Waals surface area contributed by atoms with Gasteiger partial charge in [-0.2, -0.15) is 0 Å². The SMILES string of the molecule is CC(C)OC1CC(n2cc(/C=C/C(=O)NCCN(C)CCNC(=O)CCCCN3/C(=C/c4cc[n+](C)c5ccccc45)Sc4ccccc43)c(=O)[nH]c2=O)OC1COP(=O)(O)OC(C)C. The number of hydrogen-bond acceptors (Lipinski definition) is 12. The van der Waals surface area contributed by atoms with E-state index < -0.39 is 49.5 Å². The highest BCUT2D eigenvalue weighted by molar-refractivity contribution is 8.03. The largest absolute Gasteiger partial charge is 0.472 e.